The molecule has 1 saturated heterocycles. The molecule has 2 aromatic heterocycles. The third-order valence-electron chi connectivity index (χ3n) is 5.41. The van der Waals surface area contributed by atoms with Gasteiger partial charge in [-0.15, -0.1) is 0 Å². The van der Waals surface area contributed by atoms with Gasteiger partial charge in [0.2, 0.25) is 5.95 Å². The molecule has 3 aromatic rings. The summed E-state index contributed by atoms with van der Waals surface area (Å²) in [6, 6.07) is 11.0. The van der Waals surface area contributed by atoms with Gasteiger partial charge in [0.1, 0.15) is 10.9 Å². The monoisotopic (exact) mass is 522 g/mol. The van der Waals surface area contributed by atoms with E-state index < -0.39 is 11.9 Å². The molecule has 1 atom stereocenters. The fourth-order valence-corrected chi connectivity index (χ4v) is 4.39. The van der Waals surface area contributed by atoms with Crippen LogP contribution in [0.25, 0.3) is 0 Å². The number of hydrogen-bond acceptors (Lipinski definition) is 10. The second-order valence-electron chi connectivity index (χ2n) is 8.03. The van der Waals surface area contributed by atoms with Gasteiger partial charge >= 0.3 is 11.9 Å². The van der Waals surface area contributed by atoms with Crippen LogP contribution >= 0.6 is 11.3 Å². The first-order valence-corrected chi connectivity index (χ1v) is 12.1. The van der Waals surface area contributed by atoms with E-state index in [1.165, 1.54) is 22.5 Å². The highest BCUT2D eigenvalue weighted by molar-refractivity contribution is 7.16. The van der Waals surface area contributed by atoms with Crippen molar-refractivity contribution in [3.8, 4) is 11.8 Å². The predicted octanol–water partition coefficient (Wildman–Crippen LogP) is 4.23. The van der Waals surface area contributed by atoms with E-state index in [1.54, 1.807) is 13.3 Å². The molecule has 0 spiro atoms. The Balaban J connectivity index is 0.000000414. The molecular weight excluding hydrogens is 496 g/mol. The number of aryl methyl sites for hydroxylation is 2. The molecule has 37 heavy (non-hydrogen) atoms. The molecular formula is C25H26N6O5S. The van der Waals surface area contributed by atoms with Crippen molar-refractivity contribution < 1.29 is 24.5 Å². The number of methoxy groups -OCH3 is 1. The molecule has 0 saturated carbocycles. The minimum Gasteiger partial charge on any atom is -0.491 e. The number of ether oxygens (including phenoxy) is 1. The first-order chi connectivity index (χ1) is 17.7. The summed E-state index contributed by atoms with van der Waals surface area (Å²) in [6.07, 6.45) is 4.82. The number of carboxylic acid groups (broad SMARTS) is 2. The van der Waals surface area contributed by atoms with Crippen LogP contribution in [0.3, 0.4) is 0 Å². The molecule has 3 heterocycles. The van der Waals surface area contributed by atoms with Crippen LogP contribution in [0, 0.1) is 25.2 Å². The Bertz CT molecular complexity index is 1320. The molecule has 0 radical (unpaired) electrons. The number of thiazole rings is 1. The number of nitrogens with one attached hydrogen (secondary N) is 1. The summed E-state index contributed by atoms with van der Waals surface area (Å²) in [5, 5.41) is 28.5. The van der Waals surface area contributed by atoms with Gasteiger partial charge in [-0.3, -0.25) is 0 Å². The molecule has 0 bridgehead atoms. The Morgan fingerprint density at radius 3 is 2.43 bits per heavy atom. The Kier molecular flexibility index (Phi) is 9.12. The van der Waals surface area contributed by atoms with Crippen LogP contribution in [0.15, 0.2) is 42.6 Å². The quantitative estimate of drug-likeness (QED) is 0.381. The summed E-state index contributed by atoms with van der Waals surface area (Å²) in [7, 11) is 1.60. The fraction of sp³-hybridized carbons (Fsp3) is 0.280. The number of rotatable bonds is 7. The van der Waals surface area contributed by atoms with Gasteiger partial charge < -0.3 is 25.2 Å². The van der Waals surface area contributed by atoms with Crippen molar-refractivity contribution in [1.82, 2.24) is 15.0 Å². The van der Waals surface area contributed by atoms with Gasteiger partial charge in [0.05, 0.1) is 25.0 Å². The summed E-state index contributed by atoms with van der Waals surface area (Å²) >= 11 is 1.28. The second-order valence-corrected chi connectivity index (χ2v) is 9.06. The van der Waals surface area contributed by atoms with E-state index in [2.05, 4.69) is 52.5 Å². The highest BCUT2D eigenvalue weighted by Gasteiger charge is 2.29. The molecule has 0 amide bonds. The minimum atomic E-state index is -1.26. The zero-order valence-corrected chi connectivity index (χ0v) is 21.3. The van der Waals surface area contributed by atoms with Crippen LogP contribution in [0.5, 0.6) is 5.75 Å². The third kappa shape index (κ3) is 7.25. The van der Waals surface area contributed by atoms with E-state index in [4.69, 9.17) is 30.2 Å². The molecule has 1 aromatic carbocycles. The van der Waals surface area contributed by atoms with Crippen molar-refractivity contribution in [2.45, 2.75) is 32.7 Å². The minimum absolute atomic E-state index is 0.251. The van der Waals surface area contributed by atoms with Crippen molar-refractivity contribution in [3.63, 3.8) is 0 Å². The van der Waals surface area contributed by atoms with E-state index in [-0.39, 0.29) is 6.04 Å². The van der Waals surface area contributed by atoms with E-state index in [0.29, 0.717) is 39.7 Å². The predicted molar refractivity (Wildman–Crippen MR) is 138 cm³/mol. The molecule has 4 rings (SSSR count). The van der Waals surface area contributed by atoms with Crippen molar-refractivity contribution in [2.24, 2.45) is 0 Å². The summed E-state index contributed by atoms with van der Waals surface area (Å²) in [5.41, 5.74) is 3.28. The van der Waals surface area contributed by atoms with Crippen LogP contribution in [0.2, 0.25) is 0 Å². The lowest BCUT2D eigenvalue weighted by atomic mass is 10.0. The van der Waals surface area contributed by atoms with Gasteiger partial charge in [-0.2, -0.15) is 10.2 Å². The number of aliphatic carboxylic acids is 2. The number of hydrogen-bond donors (Lipinski definition) is 3. The maximum atomic E-state index is 9.55. The van der Waals surface area contributed by atoms with Crippen LogP contribution in [-0.2, 0) is 9.59 Å². The average molecular weight is 523 g/mol. The van der Waals surface area contributed by atoms with Gasteiger partial charge in [-0.05, 0) is 32.3 Å². The zero-order chi connectivity index (χ0) is 26.9. The van der Waals surface area contributed by atoms with Gasteiger partial charge in [0.15, 0.2) is 16.7 Å². The number of nitrogens with zero attached hydrogens (tertiary/aromatic N) is 5. The highest BCUT2D eigenvalue weighted by Crippen LogP contribution is 2.38. The normalized spacial score (nSPS) is 14.5. The van der Waals surface area contributed by atoms with Crippen LogP contribution < -0.4 is 15.0 Å². The maximum Gasteiger partial charge on any atom is 0.328 e. The van der Waals surface area contributed by atoms with Crippen molar-refractivity contribution in [2.75, 3.05) is 23.9 Å². The Morgan fingerprint density at radius 2 is 1.86 bits per heavy atom. The number of nitriles is 1. The smallest absolute Gasteiger partial charge is 0.328 e. The number of carboxylic acids is 2. The SMILES string of the molecule is COc1c(C)nc(N2CCC[C@H]2c2ccc(C)cc2)nc1Nc1ncc(C#N)s1.O=C(O)/C=C\C(=O)O. The first-order valence-electron chi connectivity index (χ1n) is 11.2. The molecule has 1 aliphatic rings. The average Bonchev–Trinajstić information content (AvgIpc) is 3.53. The molecule has 3 N–H and O–H groups in total. The van der Waals surface area contributed by atoms with Crippen molar-refractivity contribution in [1.29, 1.82) is 5.26 Å². The van der Waals surface area contributed by atoms with E-state index >= 15 is 0 Å². The standard InChI is InChI=1S/C21H22N6OS.C4H4O4/c1-13-6-8-15(9-7-13)17-5-4-10-27(17)20-24-14(2)18(28-3)19(25-20)26-21-23-12-16(11-22)29-21;5-3(6)1-2-4(7)8/h6-9,12,17H,4-5,10H2,1-3H3,(H,23,24,25,26);1-2H,(H,5,6)(H,7,8)/b;2-1-/t17-;/m0./s1. The second kappa shape index (κ2) is 12.5. The highest BCUT2D eigenvalue weighted by atomic mass is 32.1. The van der Waals surface area contributed by atoms with E-state index in [9.17, 15) is 9.59 Å². The molecule has 12 heteroatoms. The lowest BCUT2D eigenvalue weighted by Crippen LogP contribution is -2.25. The largest absolute Gasteiger partial charge is 0.491 e. The van der Waals surface area contributed by atoms with Gasteiger partial charge in [0, 0.05) is 18.7 Å². The van der Waals surface area contributed by atoms with Crippen molar-refractivity contribution in [3.05, 3.63) is 64.3 Å². The maximum absolute atomic E-state index is 9.55. The molecule has 1 fully saturated rings. The van der Waals surface area contributed by atoms with E-state index in [0.717, 1.165) is 25.1 Å². The summed E-state index contributed by atoms with van der Waals surface area (Å²) in [5.74, 6) is -0.706. The Labute approximate surface area is 217 Å². The fourth-order valence-electron chi connectivity index (χ4n) is 3.77. The molecule has 1 aliphatic heterocycles. The zero-order valence-electron chi connectivity index (χ0n) is 20.5. The summed E-state index contributed by atoms with van der Waals surface area (Å²) < 4.78 is 5.53. The topological polar surface area (TPSA) is 162 Å². The Hall–Kier alpha value is -4.50. The molecule has 11 nitrogen and oxygen atoms in total. The Morgan fingerprint density at radius 1 is 1.19 bits per heavy atom. The number of anilines is 3. The van der Waals surface area contributed by atoms with E-state index in [1.807, 2.05) is 6.92 Å². The lowest BCUT2D eigenvalue weighted by Gasteiger charge is -2.26. The van der Waals surface area contributed by atoms with Gasteiger partial charge in [-0.25, -0.2) is 19.6 Å². The number of benzene rings is 1. The first kappa shape index (κ1) is 27.1. The number of carbonyl (C=O) groups is 2. The van der Waals surface area contributed by atoms with Crippen LogP contribution in [0.1, 0.15) is 40.6 Å². The molecule has 0 aliphatic carbocycles. The summed E-state index contributed by atoms with van der Waals surface area (Å²) in [6.45, 7) is 4.91. The van der Waals surface area contributed by atoms with Crippen LogP contribution in [-0.4, -0.2) is 50.8 Å². The molecule has 0 unspecified atom stereocenters. The molecule has 192 valence electrons. The number of aromatic nitrogens is 3. The van der Waals surface area contributed by atoms with Crippen molar-refractivity contribution >= 4 is 40.2 Å². The van der Waals surface area contributed by atoms with Gasteiger partial charge in [-0.1, -0.05) is 41.2 Å². The van der Waals surface area contributed by atoms with Gasteiger partial charge in [0.25, 0.3) is 0 Å². The lowest BCUT2D eigenvalue weighted by molar-refractivity contribution is -0.134. The third-order valence-corrected chi connectivity index (χ3v) is 6.23. The summed E-state index contributed by atoms with van der Waals surface area (Å²) in [4.78, 5) is 35.6. The van der Waals surface area contributed by atoms with Crippen LogP contribution in [0.4, 0.5) is 16.9 Å².